The summed E-state index contributed by atoms with van der Waals surface area (Å²) in [5.74, 6) is 0. The zero-order valence-corrected chi connectivity index (χ0v) is 8.73. The van der Waals surface area contributed by atoms with Crippen molar-refractivity contribution in [2.75, 3.05) is 5.32 Å². The summed E-state index contributed by atoms with van der Waals surface area (Å²) < 4.78 is 36.1. The molecule has 15 heavy (non-hydrogen) atoms. The van der Waals surface area contributed by atoms with Gasteiger partial charge in [-0.15, -0.1) is 0 Å². The first-order chi connectivity index (χ1) is 6.87. The van der Waals surface area contributed by atoms with E-state index in [0.29, 0.717) is 0 Å². The highest BCUT2D eigenvalue weighted by atomic mass is 19.4. The van der Waals surface area contributed by atoms with Crippen LogP contribution in [-0.4, -0.2) is 12.2 Å². The number of anilines is 1. The van der Waals surface area contributed by atoms with E-state index in [2.05, 4.69) is 5.32 Å². The standard InChI is InChI=1S/C11H14F3N/c1-8-4-3-5-10(6-8)15-9(2)7-11(12,13)14/h3-6,9,15H,7H2,1-2H3. The lowest BCUT2D eigenvalue weighted by Gasteiger charge is -2.17. The lowest BCUT2D eigenvalue weighted by atomic mass is 10.2. The van der Waals surface area contributed by atoms with E-state index in [1.165, 1.54) is 6.92 Å². The summed E-state index contributed by atoms with van der Waals surface area (Å²) >= 11 is 0. The minimum atomic E-state index is -4.11. The van der Waals surface area contributed by atoms with Crippen LogP contribution in [0.5, 0.6) is 0 Å². The van der Waals surface area contributed by atoms with Gasteiger partial charge in [0.05, 0.1) is 6.42 Å². The van der Waals surface area contributed by atoms with Gasteiger partial charge in [-0.05, 0) is 31.5 Å². The molecule has 0 heterocycles. The molecule has 1 unspecified atom stereocenters. The Bertz CT molecular complexity index is 320. The van der Waals surface area contributed by atoms with Crippen LogP contribution >= 0.6 is 0 Å². The van der Waals surface area contributed by atoms with E-state index in [1.54, 1.807) is 6.07 Å². The fraction of sp³-hybridized carbons (Fsp3) is 0.455. The van der Waals surface area contributed by atoms with Gasteiger partial charge in [0.2, 0.25) is 0 Å². The number of alkyl halides is 3. The average molecular weight is 217 g/mol. The summed E-state index contributed by atoms with van der Waals surface area (Å²) in [6.07, 6.45) is -4.93. The lowest BCUT2D eigenvalue weighted by Crippen LogP contribution is -2.23. The van der Waals surface area contributed by atoms with E-state index in [1.807, 2.05) is 25.1 Å². The van der Waals surface area contributed by atoms with Gasteiger partial charge in [-0.1, -0.05) is 12.1 Å². The molecule has 0 aliphatic rings. The fourth-order valence-electron chi connectivity index (χ4n) is 1.42. The molecule has 0 bridgehead atoms. The number of rotatable bonds is 3. The zero-order valence-electron chi connectivity index (χ0n) is 8.73. The Morgan fingerprint density at radius 3 is 2.53 bits per heavy atom. The smallest absolute Gasteiger partial charge is 0.382 e. The fourth-order valence-corrected chi connectivity index (χ4v) is 1.42. The highest BCUT2D eigenvalue weighted by Crippen LogP contribution is 2.23. The molecule has 0 saturated carbocycles. The van der Waals surface area contributed by atoms with Gasteiger partial charge in [-0.3, -0.25) is 0 Å². The van der Waals surface area contributed by atoms with Gasteiger partial charge in [0.25, 0.3) is 0 Å². The van der Waals surface area contributed by atoms with Crippen LogP contribution in [0.2, 0.25) is 0 Å². The van der Waals surface area contributed by atoms with E-state index in [0.717, 1.165) is 11.3 Å². The Labute approximate surface area is 87.3 Å². The predicted molar refractivity (Wildman–Crippen MR) is 54.9 cm³/mol. The third-order valence-corrected chi connectivity index (χ3v) is 1.97. The van der Waals surface area contributed by atoms with Gasteiger partial charge < -0.3 is 5.32 Å². The van der Waals surface area contributed by atoms with Crippen LogP contribution in [0.15, 0.2) is 24.3 Å². The third kappa shape index (κ3) is 4.72. The van der Waals surface area contributed by atoms with Crippen LogP contribution in [0.4, 0.5) is 18.9 Å². The summed E-state index contributed by atoms with van der Waals surface area (Å²) in [5, 5.41) is 2.82. The summed E-state index contributed by atoms with van der Waals surface area (Å²) in [6.45, 7) is 3.43. The van der Waals surface area contributed by atoms with Crippen molar-refractivity contribution in [2.45, 2.75) is 32.5 Å². The van der Waals surface area contributed by atoms with Crippen molar-refractivity contribution in [2.24, 2.45) is 0 Å². The Morgan fingerprint density at radius 1 is 1.33 bits per heavy atom. The van der Waals surface area contributed by atoms with Crippen LogP contribution in [0.25, 0.3) is 0 Å². The van der Waals surface area contributed by atoms with Crippen LogP contribution < -0.4 is 5.32 Å². The van der Waals surface area contributed by atoms with Gasteiger partial charge in [0.15, 0.2) is 0 Å². The molecule has 0 aromatic heterocycles. The molecular formula is C11H14F3N. The maximum Gasteiger partial charge on any atom is 0.391 e. The van der Waals surface area contributed by atoms with Gasteiger partial charge in [-0.25, -0.2) is 0 Å². The summed E-state index contributed by atoms with van der Waals surface area (Å²) in [4.78, 5) is 0. The molecular weight excluding hydrogens is 203 g/mol. The average Bonchev–Trinajstić information content (AvgIpc) is 1.99. The van der Waals surface area contributed by atoms with Crippen molar-refractivity contribution in [3.8, 4) is 0 Å². The monoisotopic (exact) mass is 217 g/mol. The summed E-state index contributed by atoms with van der Waals surface area (Å²) in [7, 11) is 0. The predicted octanol–water partition coefficient (Wildman–Crippen LogP) is 3.75. The summed E-state index contributed by atoms with van der Waals surface area (Å²) in [6, 6.07) is 6.71. The van der Waals surface area contributed by atoms with E-state index in [4.69, 9.17) is 0 Å². The molecule has 1 nitrogen and oxygen atoms in total. The second kappa shape index (κ2) is 4.55. The molecule has 0 aliphatic heterocycles. The molecule has 1 aromatic rings. The highest BCUT2D eigenvalue weighted by molar-refractivity contribution is 5.46. The second-order valence-corrected chi connectivity index (χ2v) is 3.73. The molecule has 0 saturated heterocycles. The topological polar surface area (TPSA) is 12.0 Å². The molecule has 84 valence electrons. The second-order valence-electron chi connectivity index (χ2n) is 3.73. The molecule has 0 radical (unpaired) electrons. The minimum absolute atomic E-state index is 0.605. The number of nitrogens with one attached hydrogen (secondary N) is 1. The number of halogens is 3. The Kier molecular flexibility index (Phi) is 3.61. The normalized spacial score (nSPS) is 13.7. The molecule has 4 heteroatoms. The Hall–Kier alpha value is -1.19. The van der Waals surface area contributed by atoms with Crippen molar-refractivity contribution in [1.82, 2.24) is 0 Å². The molecule has 1 N–H and O–H groups in total. The number of aryl methyl sites for hydroxylation is 1. The number of hydrogen-bond donors (Lipinski definition) is 1. The lowest BCUT2D eigenvalue weighted by molar-refractivity contribution is -0.136. The SMILES string of the molecule is Cc1cccc(NC(C)CC(F)(F)F)c1. The highest BCUT2D eigenvalue weighted by Gasteiger charge is 2.29. The first-order valence-corrected chi connectivity index (χ1v) is 4.77. The van der Waals surface area contributed by atoms with Crippen molar-refractivity contribution in [3.63, 3.8) is 0 Å². The van der Waals surface area contributed by atoms with Crippen molar-refractivity contribution >= 4 is 5.69 Å². The quantitative estimate of drug-likeness (QED) is 0.813. The maximum absolute atomic E-state index is 12.0. The molecule has 0 aliphatic carbocycles. The van der Waals surface area contributed by atoms with Crippen LogP contribution in [0.1, 0.15) is 18.9 Å². The van der Waals surface area contributed by atoms with E-state index < -0.39 is 18.6 Å². The molecule has 1 atom stereocenters. The van der Waals surface area contributed by atoms with E-state index in [9.17, 15) is 13.2 Å². The first-order valence-electron chi connectivity index (χ1n) is 4.77. The largest absolute Gasteiger partial charge is 0.391 e. The first kappa shape index (κ1) is 11.9. The maximum atomic E-state index is 12.0. The molecule has 0 amide bonds. The zero-order chi connectivity index (χ0) is 11.5. The Morgan fingerprint density at radius 2 is 2.00 bits per heavy atom. The third-order valence-electron chi connectivity index (χ3n) is 1.97. The van der Waals surface area contributed by atoms with Crippen molar-refractivity contribution < 1.29 is 13.2 Å². The van der Waals surface area contributed by atoms with Crippen LogP contribution in [0.3, 0.4) is 0 Å². The minimum Gasteiger partial charge on any atom is -0.382 e. The van der Waals surface area contributed by atoms with Crippen molar-refractivity contribution in [1.29, 1.82) is 0 Å². The number of hydrogen-bond acceptors (Lipinski definition) is 1. The summed E-state index contributed by atoms with van der Waals surface area (Å²) in [5.41, 5.74) is 1.76. The van der Waals surface area contributed by atoms with Gasteiger partial charge in [0, 0.05) is 11.7 Å². The Balaban J connectivity index is 2.55. The number of benzene rings is 1. The molecule has 0 fully saturated rings. The van der Waals surface area contributed by atoms with E-state index in [-0.39, 0.29) is 0 Å². The van der Waals surface area contributed by atoms with Gasteiger partial charge in [0.1, 0.15) is 0 Å². The molecule has 1 rings (SSSR count). The van der Waals surface area contributed by atoms with Crippen LogP contribution in [-0.2, 0) is 0 Å². The van der Waals surface area contributed by atoms with Gasteiger partial charge >= 0.3 is 6.18 Å². The van der Waals surface area contributed by atoms with Crippen molar-refractivity contribution in [3.05, 3.63) is 29.8 Å². The molecule has 0 spiro atoms. The molecule has 1 aromatic carbocycles. The van der Waals surface area contributed by atoms with E-state index >= 15 is 0 Å². The van der Waals surface area contributed by atoms with Crippen LogP contribution in [0, 0.1) is 6.92 Å². The van der Waals surface area contributed by atoms with Gasteiger partial charge in [-0.2, -0.15) is 13.2 Å².